The van der Waals surface area contributed by atoms with Crippen molar-refractivity contribution >= 4 is 0 Å². The molecule has 0 atom stereocenters. The summed E-state index contributed by atoms with van der Waals surface area (Å²) in [4.78, 5) is 0. The highest BCUT2D eigenvalue weighted by atomic mass is 16.5. The highest BCUT2D eigenvalue weighted by molar-refractivity contribution is 5.45. The predicted octanol–water partition coefficient (Wildman–Crippen LogP) is 3.15. The molecule has 0 spiro atoms. The van der Waals surface area contributed by atoms with Gasteiger partial charge in [0.15, 0.2) is 23.0 Å². The van der Waals surface area contributed by atoms with Crippen molar-refractivity contribution in [1.82, 2.24) is 5.32 Å². The van der Waals surface area contributed by atoms with Gasteiger partial charge in [0.1, 0.15) is 12.4 Å². The van der Waals surface area contributed by atoms with Crippen molar-refractivity contribution < 1.29 is 23.7 Å². The Kier molecular flexibility index (Phi) is 8.42. The first-order chi connectivity index (χ1) is 12.8. The van der Waals surface area contributed by atoms with E-state index in [1.54, 1.807) is 21.3 Å². The van der Waals surface area contributed by atoms with Gasteiger partial charge in [-0.05, 0) is 37.2 Å². The number of methoxy groups -OCH3 is 3. The standard InChI is InChI=1S/C20H27NO5/c1-22-16-9-10-18(24-3)20(15-16)25-13-6-11-21-12-14-26-19-8-5-4-7-17(19)23-2/h4-5,7-10,15,21H,6,11-14H2,1-3H3. The Morgan fingerprint density at radius 2 is 1.38 bits per heavy atom. The average molecular weight is 361 g/mol. The van der Waals surface area contributed by atoms with Crippen LogP contribution in [0.1, 0.15) is 6.42 Å². The van der Waals surface area contributed by atoms with E-state index < -0.39 is 0 Å². The van der Waals surface area contributed by atoms with E-state index in [1.807, 2.05) is 42.5 Å². The monoisotopic (exact) mass is 361 g/mol. The number of rotatable bonds is 12. The van der Waals surface area contributed by atoms with Gasteiger partial charge in [-0.2, -0.15) is 0 Å². The third kappa shape index (κ3) is 6.04. The fraction of sp³-hybridized carbons (Fsp3) is 0.400. The van der Waals surface area contributed by atoms with Crippen LogP contribution in [0.3, 0.4) is 0 Å². The van der Waals surface area contributed by atoms with Crippen molar-refractivity contribution in [2.75, 3.05) is 47.6 Å². The molecule has 2 aromatic rings. The van der Waals surface area contributed by atoms with Crippen molar-refractivity contribution in [2.45, 2.75) is 6.42 Å². The molecule has 0 aliphatic rings. The molecule has 6 nitrogen and oxygen atoms in total. The molecule has 2 rings (SSSR count). The third-order valence-corrected chi connectivity index (χ3v) is 3.73. The van der Waals surface area contributed by atoms with Gasteiger partial charge in [-0.1, -0.05) is 12.1 Å². The predicted molar refractivity (Wildman–Crippen MR) is 101 cm³/mol. The van der Waals surface area contributed by atoms with Crippen molar-refractivity contribution in [3.63, 3.8) is 0 Å². The molecule has 0 saturated heterocycles. The lowest BCUT2D eigenvalue weighted by atomic mass is 10.3. The van der Waals surface area contributed by atoms with Gasteiger partial charge >= 0.3 is 0 Å². The van der Waals surface area contributed by atoms with Crippen LogP contribution >= 0.6 is 0 Å². The molecule has 142 valence electrons. The average Bonchev–Trinajstić information content (AvgIpc) is 2.70. The molecule has 6 heteroatoms. The van der Waals surface area contributed by atoms with Crippen molar-refractivity contribution in [2.24, 2.45) is 0 Å². The van der Waals surface area contributed by atoms with E-state index in [0.717, 1.165) is 36.8 Å². The number of hydrogen-bond acceptors (Lipinski definition) is 6. The van der Waals surface area contributed by atoms with E-state index in [2.05, 4.69) is 5.32 Å². The van der Waals surface area contributed by atoms with Gasteiger partial charge in [-0.25, -0.2) is 0 Å². The molecule has 0 saturated carbocycles. The largest absolute Gasteiger partial charge is 0.497 e. The van der Waals surface area contributed by atoms with Crippen molar-refractivity contribution in [3.8, 4) is 28.7 Å². The highest BCUT2D eigenvalue weighted by Crippen LogP contribution is 2.31. The summed E-state index contributed by atoms with van der Waals surface area (Å²) in [5.41, 5.74) is 0. The van der Waals surface area contributed by atoms with Gasteiger partial charge in [0.05, 0.1) is 27.9 Å². The van der Waals surface area contributed by atoms with Crippen LogP contribution in [0.4, 0.5) is 0 Å². The molecule has 1 N–H and O–H groups in total. The molecule has 26 heavy (non-hydrogen) atoms. The fourth-order valence-electron chi connectivity index (χ4n) is 2.37. The normalized spacial score (nSPS) is 10.3. The Morgan fingerprint density at radius 3 is 2.12 bits per heavy atom. The third-order valence-electron chi connectivity index (χ3n) is 3.73. The number of ether oxygens (including phenoxy) is 5. The van der Waals surface area contributed by atoms with Gasteiger partial charge in [-0.3, -0.25) is 0 Å². The van der Waals surface area contributed by atoms with Crippen LogP contribution in [-0.4, -0.2) is 47.6 Å². The maximum atomic E-state index is 5.78. The molecule has 0 amide bonds. The Bertz CT molecular complexity index is 662. The summed E-state index contributed by atoms with van der Waals surface area (Å²) in [6.45, 7) is 2.75. The summed E-state index contributed by atoms with van der Waals surface area (Å²) in [5, 5.41) is 3.33. The minimum Gasteiger partial charge on any atom is -0.497 e. The molecule has 0 aromatic heterocycles. The Labute approximate surface area is 155 Å². The van der Waals surface area contributed by atoms with Gasteiger partial charge in [0, 0.05) is 12.6 Å². The first kappa shape index (κ1) is 19.7. The van der Waals surface area contributed by atoms with Crippen LogP contribution < -0.4 is 29.0 Å². The summed E-state index contributed by atoms with van der Waals surface area (Å²) in [7, 11) is 4.89. The molecule has 0 radical (unpaired) electrons. The number of para-hydroxylation sites is 2. The van der Waals surface area contributed by atoms with E-state index in [-0.39, 0.29) is 0 Å². The Balaban J connectivity index is 1.61. The lowest BCUT2D eigenvalue weighted by molar-refractivity contribution is 0.275. The topological polar surface area (TPSA) is 58.2 Å². The second kappa shape index (κ2) is 11.1. The molecule has 0 fully saturated rings. The summed E-state index contributed by atoms with van der Waals surface area (Å²) >= 11 is 0. The smallest absolute Gasteiger partial charge is 0.164 e. The first-order valence-electron chi connectivity index (χ1n) is 8.60. The van der Waals surface area contributed by atoms with Gasteiger partial charge in [0.25, 0.3) is 0 Å². The molecular weight excluding hydrogens is 334 g/mol. The summed E-state index contributed by atoms with van der Waals surface area (Å²) in [5.74, 6) is 3.63. The van der Waals surface area contributed by atoms with Gasteiger partial charge in [0.2, 0.25) is 0 Å². The minimum atomic E-state index is 0.574. The summed E-state index contributed by atoms with van der Waals surface area (Å²) in [6.07, 6.45) is 0.870. The van der Waals surface area contributed by atoms with E-state index in [1.165, 1.54) is 0 Å². The molecule has 2 aromatic carbocycles. The van der Waals surface area contributed by atoms with Crippen molar-refractivity contribution in [3.05, 3.63) is 42.5 Å². The fourth-order valence-corrected chi connectivity index (χ4v) is 2.37. The lowest BCUT2D eigenvalue weighted by Gasteiger charge is -2.12. The molecule has 0 unspecified atom stereocenters. The van der Waals surface area contributed by atoms with E-state index in [4.69, 9.17) is 23.7 Å². The maximum absolute atomic E-state index is 5.78. The van der Waals surface area contributed by atoms with Crippen LogP contribution in [-0.2, 0) is 0 Å². The second-order valence-electron chi connectivity index (χ2n) is 5.47. The summed E-state index contributed by atoms with van der Waals surface area (Å²) in [6, 6.07) is 13.1. The minimum absolute atomic E-state index is 0.574. The van der Waals surface area contributed by atoms with Gasteiger partial charge in [-0.15, -0.1) is 0 Å². The second-order valence-corrected chi connectivity index (χ2v) is 5.47. The Morgan fingerprint density at radius 1 is 0.692 bits per heavy atom. The molecule has 0 bridgehead atoms. The quantitative estimate of drug-likeness (QED) is 0.586. The Hall–Kier alpha value is -2.60. The maximum Gasteiger partial charge on any atom is 0.164 e. The van der Waals surface area contributed by atoms with Crippen LogP contribution in [0.5, 0.6) is 28.7 Å². The highest BCUT2D eigenvalue weighted by Gasteiger charge is 2.06. The number of hydrogen-bond donors (Lipinski definition) is 1. The first-order valence-corrected chi connectivity index (χ1v) is 8.60. The number of benzene rings is 2. The molecule has 0 aliphatic carbocycles. The van der Waals surface area contributed by atoms with E-state index in [9.17, 15) is 0 Å². The zero-order valence-electron chi connectivity index (χ0n) is 15.6. The molecule has 0 aliphatic heterocycles. The summed E-state index contributed by atoms with van der Waals surface area (Å²) < 4.78 is 27.2. The van der Waals surface area contributed by atoms with E-state index >= 15 is 0 Å². The molecular formula is C20H27NO5. The van der Waals surface area contributed by atoms with Crippen LogP contribution in [0, 0.1) is 0 Å². The lowest BCUT2D eigenvalue weighted by Crippen LogP contribution is -2.23. The van der Waals surface area contributed by atoms with Gasteiger partial charge < -0.3 is 29.0 Å². The number of nitrogens with one attached hydrogen (secondary N) is 1. The molecule has 0 heterocycles. The SMILES string of the molecule is COc1ccc(OC)c(OCCCNCCOc2ccccc2OC)c1. The van der Waals surface area contributed by atoms with Crippen LogP contribution in [0.25, 0.3) is 0 Å². The van der Waals surface area contributed by atoms with E-state index in [0.29, 0.717) is 24.7 Å². The van der Waals surface area contributed by atoms with Crippen LogP contribution in [0.2, 0.25) is 0 Å². The van der Waals surface area contributed by atoms with Crippen molar-refractivity contribution in [1.29, 1.82) is 0 Å². The van der Waals surface area contributed by atoms with Crippen LogP contribution in [0.15, 0.2) is 42.5 Å². The zero-order chi connectivity index (χ0) is 18.6. The zero-order valence-corrected chi connectivity index (χ0v) is 15.6.